The minimum Gasteiger partial charge on any atom is -0.508 e. The number of carbonyl (C=O) groups excluding carboxylic acids is 4. The van der Waals surface area contributed by atoms with Gasteiger partial charge in [-0.2, -0.15) is 0 Å². The van der Waals surface area contributed by atoms with E-state index in [1.54, 1.807) is 32.4 Å². The number of cyclic esters (lactones) is 1. The Kier molecular flexibility index (Phi) is 12.3. The van der Waals surface area contributed by atoms with Gasteiger partial charge in [0.25, 0.3) is 5.91 Å². The number of methoxy groups -OCH3 is 1. The van der Waals surface area contributed by atoms with E-state index in [0.717, 1.165) is 5.56 Å². The molecule has 0 spiro atoms. The quantitative estimate of drug-likeness (QED) is 0.371. The summed E-state index contributed by atoms with van der Waals surface area (Å²) in [7, 11) is 1.56. The summed E-state index contributed by atoms with van der Waals surface area (Å²) >= 11 is 0. The van der Waals surface area contributed by atoms with Crippen molar-refractivity contribution in [3.8, 4) is 5.75 Å². The van der Waals surface area contributed by atoms with Crippen LogP contribution in [0.15, 0.2) is 48.7 Å². The number of ether oxygens (including phenoxy) is 2. The van der Waals surface area contributed by atoms with Crippen LogP contribution >= 0.6 is 0 Å². The van der Waals surface area contributed by atoms with Gasteiger partial charge in [0.1, 0.15) is 30.5 Å². The van der Waals surface area contributed by atoms with Gasteiger partial charge in [0.15, 0.2) is 0 Å². The lowest BCUT2D eigenvalue weighted by Gasteiger charge is -2.35. The molecule has 1 aromatic heterocycles. The van der Waals surface area contributed by atoms with Crippen LogP contribution in [0.25, 0.3) is 6.08 Å². The summed E-state index contributed by atoms with van der Waals surface area (Å²) in [6.45, 7) is 5.68. The number of aromatic nitrogens is 1. The van der Waals surface area contributed by atoms with Gasteiger partial charge in [-0.25, -0.2) is 5.43 Å². The van der Waals surface area contributed by atoms with Crippen molar-refractivity contribution in [3.05, 3.63) is 65.5 Å². The fourth-order valence-electron chi connectivity index (χ4n) is 5.65. The highest BCUT2D eigenvalue weighted by Gasteiger charge is 2.36. The van der Waals surface area contributed by atoms with Crippen LogP contribution in [0, 0.1) is 11.8 Å². The number of nitrogens with zero attached hydrogens (tertiary/aromatic N) is 2. The molecule has 4 rings (SSSR count). The van der Waals surface area contributed by atoms with Crippen molar-refractivity contribution in [1.29, 1.82) is 0 Å². The molecule has 2 aromatic rings. The maximum absolute atomic E-state index is 14.0. The van der Waals surface area contributed by atoms with Gasteiger partial charge in [-0.1, -0.05) is 45.1 Å². The molecule has 46 heavy (non-hydrogen) atoms. The zero-order chi connectivity index (χ0) is 33.2. The van der Waals surface area contributed by atoms with Crippen LogP contribution < -0.4 is 16.1 Å². The van der Waals surface area contributed by atoms with Crippen LogP contribution in [0.4, 0.5) is 0 Å². The van der Waals surface area contributed by atoms with Gasteiger partial charge >= 0.3 is 5.97 Å². The molecule has 0 radical (unpaired) electrons. The molecule has 1 fully saturated rings. The predicted molar refractivity (Wildman–Crippen MR) is 171 cm³/mol. The van der Waals surface area contributed by atoms with Gasteiger partial charge in [0.2, 0.25) is 11.8 Å². The number of aromatic hydroxyl groups is 1. The number of nitrogens with one attached hydrogen (secondary N) is 3. The Balaban J connectivity index is 1.64. The molecule has 4 bridgehead atoms. The van der Waals surface area contributed by atoms with Gasteiger partial charge in [0.05, 0.1) is 17.7 Å². The number of phenolic OH excluding ortho intramolecular Hbond substituents is 1. The van der Waals surface area contributed by atoms with Gasteiger partial charge in [-0.15, -0.1) is 0 Å². The minimum atomic E-state index is -1.06. The molecule has 248 valence electrons. The van der Waals surface area contributed by atoms with Crippen molar-refractivity contribution in [2.45, 2.75) is 83.7 Å². The third-order valence-electron chi connectivity index (χ3n) is 8.35. The average molecular weight is 636 g/mol. The second-order valence-electron chi connectivity index (χ2n) is 12.2. The maximum Gasteiger partial charge on any atom is 0.325 e. The summed E-state index contributed by atoms with van der Waals surface area (Å²) in [5.41, 5.74) is 5.08. The number of carbonyl (C=O) groups is 4. The normalized spacial score (nSPS) is 26.3. The number of fused-ring (bicyclic) bond motifs is 4. The second-order valence-corrected chi connectivity index (χ2v) is 12.2. The maximum atomic E-state index is 14.0. The Hall–Kier alpha value is -4.29. The topological polar surface area (TPSA) is 159 Å². The Morgan fingerprint density at radius 1 is 1.09 bits per heavy atom. The Labute approximate surface area is 269 Å². The first-order valence-corrected chi connectivity index (χ1v) is 15.8. The third kappa shape index (κ3) is 9.37. The molecule has 0 unspecified atom stereocenters. The number of allylic oxidation sites excluding steroid dienone is 1. The number of hydrazine groups is 1. The molecular weight excluding hydrogens is 590 g/mol. The van der Waals surface area contributed by atoms with E-state index in [1.807, 2.05) is 38.1 Å². The van der Waals surface area contributed by atoms with E-state index in [2.05, 4.69) is 21.0 Å². The van der Waals surface area contributed by atoms with Crippen molar-refractivity contribution < 1.29 is 33.8 Å². The van der Waals surface area contributed by atoms with E-state index in [9.17, 15) is 24.3 Å². The zero-order valence-electron chi connectivity index (χ0n) is 26.9. The van der Waals surface area contributed by atoms with Gasteiger partial charge in [-0.05, 0) is 67.0 Å². The van der Waals surface area contributed by atoms with Gasteiger partial charge < -0.3 is 25.2 Å². The van der Waals surface area contributed by atoms with E-state index in [4.69, 9.17) is 9.47 Å². The van der Waals surface area contributed by atoms with Crippen LogP contribution in [-0.4, -0.2) is 76.7 Å². The van der Waals surface area contributed by atoms with Gasteiger partial charge in [0, 0.05) is 26.3 Å². The van der Waals surface area contributed by atoms with Crippen LogP contribution in [0.3, 0.4) is 0 Å². The third-order valence-corrected chi connectivity index (χ3v) is 8.35. The number of hydrogen-bond acceptors (Lipinski definition) is 9. The number of benzene rings is 1. The molecule has 12 heteroatoms. The monoisotopic (exact) mass is 635 g/mol. The highest BCUT2D eigenvalue weighted by Crippen LogP contribution is 2.19. The first-order valence-electron chi connectivity index (χ1n) is 15.8. The van der Waals surface area contributed by atoms with E-state index < -0.39 is 47.9 Å². The summed E-state index contributed by atoms with van der Waals surface area (Å²) in [6.07, 6.45) is 7.46. The molecule has 3 heterocycles. The fraction of sp³-hybridized carbons (Fsp3) is 0.500. The summed E-state index contributed by atoms with van der Waals surface area (Å²) in [5.74, 6) is -2.64. The van der Waals surface area contributed by atoms with Crippen molar-refractivity contribution in [2.24, 2.45) is 11.8 Å². The van der Waals surface area contributed by atoms with Crippen LogP contribution in [-0.2, 0) is 41.7 Å². The summed E-state index contributed by atoms with van der Waals surface area (Å²) in [5, 5.41) is 17.1. The summed E-state index contributed by atoms with van der Waals surface area (Å²) < 4.78 is 11.2. The first-order chi connectivity index (χ1) is 22.0. The number of rotatable bonds is 4. The highest BCUT2D eigenvalue weighted by atomic mass is 16.5. The van der Waals surface area contributed by atoms with Crippen molar-refractivity contribution >= 4 is 29.8 Å². The molecule has 1 aromatic carbocycles. The van der Waals surface area contributed by atoms with Crippen molar-refractivity contribution in [1.82, 2.24) is 26.1 Å². The van der Waals surface area contributed by atoms with E-state index in [1.165, 1.54) is 17.1 Å². The molecule has 5 atom stereocenters. The van der Waals surface area contributed by atoms with E-state index >= 15 is 0 Å². The molecule has 0 aliphatic carbocycles. The zero-order valence-corrected chi connectivity index (χ0v) is 26.9. The first kappa shape index (κ1) is 34.6. The second kappa shape index (κ2) is 16.3. The fourth-order valence-corrected chi connectivity index (χ4v) is 5.65. The molecule has 2 aliphatic heterocycles. The number of hydrogen-bond donors (Lipinski definition) is 4. The smallest absolute Gasteiger partial charge is 0.325 e. The molecule has 1 saturated heterocycles. The van der Waals surface area contributed by atoms with Gasteiger partial charge in [-0.3, -0.25) is 29.2 Å². The summed E-state index contributed by atoms with van der Waals surface area (Å²) in [4.78, 5) is 58.5. The molecule has 12 nitrogen and oxygen atoms in total. The number of amides is 3. The van der Waals surface area contributed by atoms with Crippen LogP contribution in [0.1, 0.15) is 63.3 Å². The summed E-state index contributed by atoms with van der Waals surface area (Å²) in [6, 6.07) is 7.38. The molecule has 2 aliphatic rings. The van der Waals surface area contributed by atoms with E-state index in [-0.39, 0.29) is 30.6 Å². The average Bonchev–Trinajstić information content (AvgIpc) is 3.04. The lowest BCUT2D eigenvalue weighted by Crippen LogP contribution is -2.62. The number of pyridine rings is 1. The standard InChI is InChI=1S/C34H45N5O7/c1-21(2)30-32(42)36-28(19-24-10-7-11-26(40)18-24)33(43)39-16-8-12-27(38-39)34(44)46-20-25-17-23(14-15-35-25)9-5-6-13-29(45-4)22(3)31(41)37-30/h5,7,9-11,14-15,17-18,21-22,27-30,38,40H,6,8,12-13,16,19-20H2,1-4H3,(H,36,42)(H,37,41)/b9-5+/t22-,27+,28+,29-,30+/m1/s1. The molecule has 4 N–H and O–H groups in total. The largest absolute Gasteiger partial charge is 0.508 e. The highest BCUT2D eigenvalue weighted by molar-refractivity contribution is 5.93. The Morgan fingerprint density at radius 2 is 1.89 bits per heavy atom. The SMILES string of the molecule is CO[C@@H]1CC/C=C/c2ccnc(c2)COC(=O)[C@@H]2CCCN(N2)C(=O)[C@H](Cc2cccc(O)c2)NC(=O)[C@H](C(C)C)NC(=O)[C@@H]1C. The number of phenols is 1. The molecular formula is C34H45N5O7. The van der Waals surface area contributed by atoms with Crippen molar-refractivity contribution in [2.75, 3.05) is 13.7 Å². The van der Waals surface area contributed by atoms with E-state index in [0.29, 0.717) is 43.5 Å². The minimum absolute atomic E-state index is 0.0260. The Bertz CT molecular complexity index is 1410. The lowest BCUT2D eigenvalue weighted by atomic mass is 9.96. The van der Waals surface area contributed by atoms with Crippen LogP contribution in [0.5, 0.6) is 5.75 Å². The van der Waals surface area contributed by atoms with Crippen LogP contribution in [0.2, 0.25) is 0 Å². The molecule has 0 saturated carbocycles. The predicted octanol–water partition coefficient (Wildman–Crippen LogP) is 2.65. The Morgan fingerprint density at radius 3 is 2.63 bits per heavy atom. The van der Waals surface area contributed by atoms with Crippen molar-refractivity contribution in [3.63, 3.8) is 0 Å². The molecule has 3 amide bonds. The lowest BCUT2D eigenvalue weighted by molar-refractivity contribution is -0.154. The number of esters is 1.